The molecule has 0 bridgehead atoms. The van der Waals surface area contributed by atoms with Gasteiger partial charge >= 0.3 is 0 Å². The molecule has 5 N–H and O–H groups in total. The molecule has 0 fully saturated rings. The summed E-state index contributed by atoms with van der Waals surface area (Å²) in [5, 5.41) is 38.3. The molecule has 0 amide bonds. The van der Waals surface area contributed by atoms with Crippen LogP contribution >= 0.6 is 0 Å². The topological polar surface area (TPSA) is 136 Å². The summed E-state index contributed by atoms with van der Waals surface area (Å²) in [6.07, 6.45) is -7.91. The van der Waals surface area contributed by atoms with Crippen LogP contribution < -0.4 is 0 Å². The monoisotopic (exact) mass is 318 g/mol. The average molecular weight is 318 g/mol. The summed E-state index contributed by atoms with van der Waals surface area (Å²) in [5.41, 5.74) is 0.0404. The lowest BCUT2D eigenvalue weighted by Crippen LogP contribution is -2.42. The van der Waals surface area contributed by atoms with E-state index in [0.29, 0.717) is 0 Å². The second-order valence-electron chi connectivity index (χ2n) is 4.45. The molecule has 1 aromatic heterocycles. The van der Waals surface area contributed by atoms with Gasteiger partial charge in [-0.1, -0.05) is 0 Å². The van der Waals surface area contributed by atoms with Crippen molar-refractivity contribution in [3.8, 4) is 0 Å². The molecule has 120 valence electrons. The zero-order chi connectivity index (χ0) is 16.4. The Bertz CT molecular complexity index is 640. The molecule has 0 radical (unpaired) electrons. The fraction of sp³-hybridized carbons (Fsp3) is 0.333. The van der Waals surface area contributed by atoms with Crippen molar-refractivity contribution in [3.05, 3.63) is 29.6 Å². The van der Waals surface area contributed by atoms with Crippen LogP contribution in [0, 0.1) is 11.6 Å². The number of aromatic amines is 1. The van der Waals surface area contributed by atoms with Crippen LogP contribution in [0.2, 0.25) is 0 Å². The molecule has 0 aliphatic rings. The van der Waals surface area contributed by atoms with Gasteiger partial charge in [0, 0.05) is 12.1 Å². The average Bonchev–Trinajstić information content (AvgIpc) is 2.88. The molecule has 0 aliphatic heterocycles. The quantitative estimate of drug-likeness (QED) is 0.343. The minimum absolute atomic E-state index is 0.0145. The Morgan fingerprint density at radius 1 is 1.14 bits per heavy atom. The maximum Gasteiger partial charge on any atom is 0.295 e. The zero-order valence-electron chi connectivity index (χ0n) is 10.8. The van der Waals surface area contributed by atoms with Crippen LogP contribution in [-0.2, 0) is 9.53 Å². The Morgan fingerprint density at radius 2 is 1.77 bits per heavy atom. The number of imidazole rings is 1. The van der Waals surface area contributed by atoms with E-state index >= 15 is 0 Å². The molecular formula is C12H12F2N2O6. The number of benzene rings is 1. The Morgan fingerprint density at radius 3 is 2.41 bits per heavy atom. The first-order chi connectivity index (χ1) is 10.3. The number of carbonyl (C=O) groups excluding carboxylic acids is 1. The maximum absolute atomic E-state index is 13.1. The molecule has 1 heterocycles. The van der Waals surface area contributed by atoms with E-state index in [9.17, 15) is 34.0 Å². The first kappa shape index (κ1) is 16.2. The Balaban J connectivity index is 2.25. The highest BCUT2D eigenvalue weighted by Crippen LogP contribution is 2.23. The number of halogens is 2. The second-order valence-corrected chi connectivity index (χ2v) is 4.45. The van der Waals surface area contributed by atoms with Crippen LogP contribution in [0.5, 0.6) is 0 Å². The highest BCUT2D eigenvalue weighted by molar-refractivity contribution is 5.75. The highest BCUT2D eigenvalue weighted by Gasteiger charge is 2.34. The molecule has 4 atom stereocenters. The fourth-order valence-electron chi connectivity index (χ4n) is 1.82. The molecule has 0 aliphatic carbocycles. The molecule has 8 nitrogen and oxygen atoms in total. The van der Waals surface area contributed by atoms with Crippen LogP contribution in [0.4, 0.5) is 8.78 Å². The van der Waals surface area contributed by atoms with E-state index in [1.54, 1.807) is 0 Å². The lowest BCUT2D eigenvalue weighted by Gasteiger charge is -2.24. The molecule has 1 aromatic carbocycles. The fourth-order valence-corrected chi connectivity index (χ4v) is 1.82. The van der Waals surface area contributed by atoms with Gasteiger partial charge in [0.15, 0.2) is 11.6 Å². The van der Waals surface area contributed by atoms with Gasteiger partial charge in [-0.25, -0.2) is 13.8 Å². The van der Waals surface area contributed by atoms with Gasteiger partial charge in [0.05, 0.1) is 11.0 Å². The third-order valence-corrected chi connectivity index (χ3v) is 2.98. The maximum atomic E-state index is 13.1. The first-order valence-electron chi connectivity index (χ1n) is 6.01. The van der Waals surface area contributed by atoms with E-state index in [1.807, 2.05) is 0 Å². The van der Waals surface area contributed by atoms with Crippen LogP contribution in [0.1, 0.15) is 11.9 Å². The summed E-state index contributed by atoms with van der Waals surface area (Å²) in [6.45, 7) is -0.153. The SMILES string of the molecule is O=COC(O)[C@@H](O)C(O)[C@H](O)c1nc2cc(F)c(F)cc2[nH]1. The molecule has 2 aromatic rings. The number of aromatic nitrogens is 2. The van der Waals surface area contributed by atoms with E-state index in [-0.39, 0.29) is 23.3 Å². The number of nitrogens with zero attached hydrogens (tertiary/aromatic N) is 1. The molecule has 2 rings (SSSR count). The number of hydrogen-bond acceptors (Lipinski definition) is 7. The Hall–Kier alpha value is -2.14. The number of aliphatic hydroxyl groups excluding tert-OH is 4. The smallest absolute Gasteiger partial charge is 0.295 e. The van der Waals surface area contributed by atoms with Gasteiger partial charge in [-0.05, 0) is 0 Å². The van der Waals surface area contributed by atoms with Crippen molar-refractivity contribution in [2.24, 2.45) is 0 Å². The molecule has 22 heavy (non-hydrogen) atoms. The van der Waals surface area contributed by atoms with Crippen LogP contribution in [0.15, 0.2) is 12.1 Å². The highest BCUT2D eigenvalue weighted by atomic mass is 19.2. The first-order valence-corrected chi connectivity index (χ1v) is 6.01. The molecule has 0 saturated heterocycles. The van der Waals surface area contributed by atoms with E-state index in [0.717, 1.165) is 12.1 Å². The summed E-state index contributed by atoms with van der Waals surface area (Å²) >= 11 is 0. The van der Waals surface area contributed by atoms with Crippen molar-refractivity contribution >= 4 is 17.5 Å². The van der Waals surface area contributed by atoms with E-state index in [2.05, 4.69) is 14.7 Å². The van der Waals surface area contributed by atoms with Gasteiger partial charge in [-0.2, -0.15) is 0 Å². The van der Waals surface area contributed by atoms with Gasteiger partial charge in [0.25, 0.3) is 6.47 Å². The predicted molar refractivity (Wildman–Crippen MR) is 66.1 cm³/mol. The summed E-state index contributed by atoms with van der Waals surface area (Å²) in [4.78, 5) is 16.2. The minimum Gasteiger partial charge on any atom is -0.435 e. The Labute approximate surface area is 121 Å². The normalized spacial score (nSPS) is 17.0. The standard InChI is InChI=1S/C12H12F2N2O6/c13-4-1-6-7(2-5(4)14)16-11(15-6)9(19)8(18)10(20)12(21)22-3-17/h1-3,8-10,12,18-21H,(H,15,16)/t8?,9-,10-,12?/m0/s1. The minimum atomic E-state index is -2.07. The number of rotatable bonds is 6. The number of nitrogens with one attached hydrogen (secondary N) is 1. The lowest BCUT2D eigenvalue weighted by molar-refractivity contribution is -0.198. The van der Waals surface area contributed by atoms with Crippen molar-refractivity contribution in [2.45, 2.75) is 24.6 Å². The number of H-pyrrole nitrogens is 1. The van der Waals surface area contributed by atoms with Crippen molar-refractivity contribution in [1.82, 2.24) is 9.97 Å². The second kappa shape index (κ2) is 6.32. The van der Waals surface area contributed by atoms with Crippen molar-refractivity contribution in [2.75, 3.05) is 0 Å². The third-order valence-electron chi connectivity index (χ3n) is 2.98. The van der Waals surface area contributed by atoms with Gasteiger partial charge in [0.2, 0.25) is 6.29 Å². The largest absolute Gasteiger partial charge is 0.435 e. The number of fused-ring (bicyclic) bond motifs is 1. The Kier molecular flexibility index (Phi) is 4.66. The van der Waals surface area contributed by atoms with E-state index in [1.165, 1.54) is 0 Å². The third kappa shape index (κ3) is 3.04. The van der Waals surface area contributed by atoms with E-state index in [4.69, 9.17) is 0 Å². The lowest BCUT2D eigenvalue weighted by atomic mass is 10.1. The van der Waals surface area contributed by atoms with Crippen molar-refractivity contribution < 1.29 is 38.7 Å². The molecule has 0 saturated carbocycles. The summed E-state index contributed by atoms with van der Waals surface area (Å²) in [6, 6.07) is 1.59. The molecule has 0 spiro atoms. The van der Waals surface area contributed by atoms with Gasteiger partial charge in [-0.3, -0.25) is 4.79 Å². The number of ether oxygens (including phenoxy) is 1. The van der Waals surface area contributed by atoms with Crippen LogP contribution in [-0.4, -0.2) is 55.4 Å². The number of carbonyl (C=O) groups is 1. The number of aliphatic hydroxyl groups is 4. The molecule has 2 unspecified atom stereocenters. The van der Waals surface area contributed by atoms with Crippen LogP contribution in [0.25, 0.3) is 11.0 Å². The van der Waals surface area contributed by atoms with Gasteiger partial charge in [0.1, 0.15) is 24.1 Å². The summed E-state index contributed by atoms with van der Waals surface area (Å²) in [7, 11) is 0. The number of hydrogen-bond donors (Lipinski definition) is 5. The predicted octanol–water partition coefficient (Wildman–Crippen LogP) is -0.912. The summed E-state index contributed by atoms with van der Waals surface area (Å²) < 4.78 is 30.2. The molecular weight excluding hydrogens is 306 g/mol. The van der Waals surface area contributed by atoms with E-state index < -0.39 is 36.2 Å². The van der Waals surface area contributed by atoms with Crippen molar-refractivity contribution in [1.29, 1.82) is 0 Å². The zero-order valence-corrected chi connectivity index (χ0v) is 10.8. The van der Waals surface area contributed by atoms with Crippen molar-refractivity contribution in [3.63, 3.8) is 0 Å². The van der Waals surface area contributed by atoms with Gasteiger partial charge in [-0.15, -0.1) is 0 Å². The summed E-state index contributed by atoms with van der Waals surface area (Å²) in [5.74, 6) is -2.58. The molecule has 10 heteroatoms. The van der Waals surface area contributed by atoms with Gasteiger partial charge < -0.3 is 30.1 Å². The van der Waals surface area contributed by atoms with Crippen LogP contribution in [0.3, 0.4) is 0 Å².